The van der Waals surface area contributed by atoms with Crippen molar-refractivity contribution in [1.29, 1.82) is 0 Å². The Morgan fingerprint density at radius 2 is 1.94 bits per heavy atom. The third-order valence-electron chi connectivity index (χ3n) is 4.80. The van der Waals surface area contributed by atoms with E-state index < -0.39 is 0 Å². The Morgan fingerprint density at radius 1 is 1.16 bits per heavy atom. The minimum Gasteiger partial charge on any atom is -0.436 e. The molecule has 2 N–H and O–H groups in total. The summed E-state index contributed by atoms with van der Waals surface area (Å²) in [4.78, 5) is 22.0. The van der Waals surface area contributed by atoms with Gasteiger partial charge in [-0.05, 0) is 61.9 Å². The van der Waals surface area contributed by atoms with Gasteiger partial charge in [0.1, 0.15) is 5.56 Å². The van der Waals surface area contributed by atoms with Gasteiger partial charge in [-0.25, -0.2) is 4.99 Å². The molecule has 0 unspecified atom stereocenters. The largest absolute Gasteiger partial charge is 0.436 e. The van der Waals surface area contributed by atoms with E-state index in [4.69, 9.17) is 16.0 Å². The van der Waals surface area contributed by atoms with Crippen LogP contribution in [0, 0.1) is 13.8 Å². The summed E-state index contributed by atoms with van der Waals surface area (Å²) >= 11 is 5.97. The highest BCUT2D eigenvalue weighted by Crippen LogP contribution is 2.22. The van der Waals surface area contributed by atoms with Gasteiger partial charge in [-0.2, -0.15) is 0 Å². The van der Waals surface area contributed by atoms with Crippen LogP contribution in [-0.2, 0) is 6.61 Å². The number of carbonyl (C=O) groups excluding carboxylic acids is 1. The number of nitrogens with zero attached hydrogens (tertiary/aromatic N) is 2. The summed E-state index contributed by atoms with van der Waals surface area (Å²) in [6.07, 6.45) is 1.57. The number of aliphatic hydroxyl groups excluding tert-OH is 1. The molecule has 7 heteroatoms. The van der Waals surface area contributed by atoms with Gasteiger partial charge in [-0.3, -0.25) is 9.78 Å². The molecule has 1 amide bonds. The number of pyridine rings is 1. The summed E-state index contributed by atoms with van der Waals surface area (Å²) < 4.78 is 6.05. The topological polar surface area (TPSA) is 87.7 Å². The zero-order valence-electron chi connectivity index (χ0n) is 17.0. The first-order valence-corrected chi connectivity index (χ1v) is 10.0. The van der Waals surface area contributed by atoms with Crippen LogP contribution in [0.25, 0.3) is 11.0 Å². The van der Waals surface area contributed by atoms with E-state index in [-0.39, 0.29) is 23.6 Å². The maximum absolute atomic E-state index is 13.2. The minimum atomic E-state index is -0.373. The predicted molar refractivity (Wildman–Crippen MR) is 120 cm³/mol. The molecule has 0 radical (unpaired) electrons. The van der Waals surface area contributed by atoms with E-state index >= 15 is 0 Å². The first-order valence-electron chi connectivity index (χ1n) is 9.66. The molecule has 6 nitrogen and oxygen atoms in total. The molecule has 2 heterocycles. The number of hydrogen-bond donors (Lipinski definition) is 2. The molecule has 0 saturated heterocycles. The highest BCUT2D eigenvalue weighted by molar-refractivity contribution is 6.30. The van der Waals surface area contributed by atoms with Crippen LogP contribution in [0.15, 0.2) is 70.2 Å². The zero-order chi connectivity index (χ0) is 22.0. The number of fused-ring (bicyclic) bond motifs is 1. The fraction of sp³-hybridized carbons (Fsp3) is 0.125. The van der Waals surface area contributed by atoms with Crippen LogP contribution < -0.4 is 10.9 Å². The smallest absolute Gasteiger partial charge is 0.261 e. The van der Waals surface area contributed by atoms with Gasteiger partial charge in [-0.15, -0.1) is 0 Å². The number of nitrogens with one attached hydrogen (secondary N) is 1. The molecular formula is C24H20ClN3O3. The average Bonchev–Trinajstić information content (AvgIpc) is 2.75. The van der Waals surface area contributed by atoms with Crippen LogP contribution in [0.4, 0.5) is 11.4 Å². The van der Waals surface area contributed by atoms with Crippen LogP contribution >= 0.6 is 11.6 Å². The summed E-state index contributed by atoms with van der Waals surface area (Å²) in [6, 6.07) is 16.1. The second-order valence-corrected chi connectivity index (χ2v) is 7.58. The molecule has 2 aromatic heterocycles. The number of rotatable bonds is 4. The van der Waals surface area contributed by atoms with Gasteiger partial charge >= 0.3 is 0 Å². The molecule has 31 heavy (non-hydrogen) atoms. The van der Waals surface area contributed by atoms with Crippen molar-refractivity contribution in [3.63, 3.8) is 0 Å². The van der Waals surface area contributed by atoms with Gasteiger partial charge in [0.15, 0.2) is 5.58 Å². The molecule has 4 rings (SSSR count). The van der Waals surface area contributed by atoms with Gasteiger partial charge in [0.05, 0.1) is 18.0 Å². The van der Waals surface area contributed by atoms with Crippen molar-refractivity contribution < 1.29 is 14.3 Å². The number of anilines is 1. The highest BCUT2D eigenvalue weighted by Gasteiger charge is 2.16. The van der Waals surface area contributed by atoms with Crippen LogP contribution in [-0.4, -0.2) is 16.0 Å². The van der Waals surface area contributed by atoms with Crippen molar-refractivity contribution in [3.05, 3.63) is 93.8 Å². The first kappa shape index (κ1) is 20.8. The number of aromatic nitrogens is 1. The van der Waals surface area contributed by atoms with Gasteiger partial charge < -0.3 is 14.8 Å². The molecule has 0 aliphatic carbocycles. The zero-order valence-corrected chi connectivity index (χ0v) is 17.8. The SMILES string of the molecule is Cc1cccc(NC(=O)c2cc3c(CO)cnc(C)c3oc2=Nc2ccc(Cl)cc2)c1. The summed E-state index contributed by atoms with van der Waals surface area (Å²) in [6.45, 7) is 3.52. The Morgan fingerprint density at radius 3 is 2.65 bits per heavy atom. The van der Waals surface area contributed by atoms with Crippen molar-refractivity contribution in [3.8, 4) is 0 Å². The summed E-state index contributed by atoms with van der Waals surface area (Å²) in [5.41, 5.74) is 4.31. The lowest BCUT2D eigenvalue weighted by Gasteiger charge is -2.10. The molecule has 0 spiro atoms. The highest BCUT2D eigenvalue weighted by atomic mass is 35.5. The van der Waals surface area contributed by atoms with Crippen molar-refractivity contribution >= 4 is 39.9 Å². The standard InChI is InChI=1S/C24H20ClN3O3/c1-14-4-3-5-19(10-14)27-23(30)21-11-20-16(13-29)12-26-15(2)22(20)31-24(21)28-18-8-6-17(25)7-9-18/h3-12,29H,13H2,1-2H3,(H,27,30). The number of hydrogen-bond acceptors (Lipinski definition) is 5. The lowest BCUT2D eigenvalue weighted by atomic mass is 10.1. The van der Waals surface area contributed by atoms with Crippen molar-refractivity contribution in [2.24, 2.45) is 4.99 Å². The molecule has 0 aliphatic heterocycles. The van der Waals surface area contributed by atoms with Crippen LogP contribution in [0.3, 0.4) is 0 Å². The second kappa shape index (κ2) is 8.71. The second-order valence-electron chi connectivity index (χ2n) is 7.15. The molecule has 0 saturated carbocycles. The Balaban J connectivity index is 1.92. The van der Waals surface area contributed by atoms with E-state index in [0.29, 0.717) is 38.6 Å². The molecule has 0 atom stereocenters. The number of halogens is 1. The Hall–Kier alpha value is -3.48. The van der Waals surface area contributed by atoms with Crippen LogP contribution in [0.5, 0.6) is 0 Å². The van der Waals surface area contributed by atoms with E-state index in [1.54, 1.807) is 43.5 Å². The maximum Gasteiger partial charge on any atom is 0.261 e. The molecule has 0 fully saturated rings. The van der Waals surface area contributed by atoms with E-state index in [0.717, 1.165) is 5.56 Å². The van der Waals surface area contributed by atoms with E-state index in [2.05, 4.69) is 15.3 Å². The quantitative estimate of drug-likeness (QED) is 0.470. The third kappa shape index (κ3) is 4.50. The van der Waals surface area contributed by atoms with Crippen LogP contribution in [0.2, 0.25) is 5.02 Å². The summed E-state index contributed by atoms with van der Waals surface area (Å²) in [7, 11) is 0. The Bertz CT molecular complexity index is 1340. The van der Waals surface area contributed by atoms with E-state index in [1.807, 2.05) is 31.2 Å². The monoisotopic (exact) mass is 433 g/mol. The average molecular weight is 434 g/mol. The third-order valence-corrected chi connectivity index (χ3v) is 5.05. The molecule has 0 aliphatic rings. The number of aliphatic hydroxyl groups is 1. The maximum atomic E-state index is 13.2. The first-order chi connectivity index (χ1) is 14.9. The van der Waals surface area contributed by atoms with Gasteiger partial charge in [-0.1, -0.05) is 23.7 Å². The van der Waals surface area contributed by atoms with Crippen molar-refractivity contribution in [2.45, 2.75) is 20.5 Å². The molecule has 156 valence electrons. The lowest BCUT2D eigenvalue weighted by Crippen LogP contribution is -2.22. The molecule has 2 aromatic carbocycles. The number of benzene rings is 2. The molecule has 4 aromatic rings. The van der Waals surface area contributed by atoms with Crippen molar-refractivity contribution in [1.82, 2.24) is 4.98 Å². The summed E-state index contributed by atoms with van der Waals surface area (Å²) in [5, 5.41) is 13.8. The van der Waals surface area contributed by atoms with Gasteiger partial charge in [0.2, 0.25) is 5.55 Å². The Kier molecular flexibility index (Phi) is 5.84. The number of carbonyl (C=O) groups is 1. The van der Waals surface area contributed by atoms with E-state index in [1.165, 1.54) is 0 Å². The van der Waals surface area contributed by atoms with Gasteiger partial charge in [0.25, 0.3) is 5.91 Å². The number of amides is 1. The molecular weight excluding hydrogens is 414 g/mol. The fourth-order valence-corrected chi connectivity index (χ4v) is 3.34. The molecule has 0 bridgehead atoms. The van der Waals surface area contributed by atoms with Gasteiger partial charge in [0, 0.05) is 27.9 Å². The van der Waals surface area contributed by atoms with Crippen molar-refractivity contribution in [2.75, 3.05) is 5.32 Å². The Labute approximate surface area is 183 Å². The normalized spacial score (nSPS) is 11.7. The van der Waals surface area contributed by atoms with Crippen LogP contribution in [0.1, 0.15) is 27.2 Å². The summed E-state index contributed by atoms with van der Waals surface area (Å²) in [5.74, 6) is -0.373. The lowest BCUT2D eigenvalue weighted by molar-refractivity contribution is 0.102. The minimum absolute atomic E-state index is 0.139. The van der Waals surface area contributed by atoms with E-state index in [9.17, 15) is 9.90 Å². The predicted octanol–water partition coefficient (Wildman–Crippen LogP) is 5.08. The fourth-order valence-electron chi connectivity index (χ4n) is 3.21. The number of aryl methyl sites for hydroxylation is 2.